The third-order valence-corrected chi connectivity index (χ3v) is 6.26. The highest BCUT2D eigenvalue weighted by molar-refractivity contribution is 5.96. The van der Waals surface area contributed by atoms with Gasteiger partial charge in [0.25, 0.3) is 0 Å². The summed E-state index contributed by atoms with van der Waals surface area (Å²) < 4.78 is 0. The molecule has 0 amide bonds. The van der Waals surface area contributed by atoms with Crippen LogP contribution in [0.15, 0.2) is 48.5 Å². The van der Waals surface area contributed by atoms with E-state index in [-0.39, 0.29) is 37.2 Å². The quantitative estimate of drug-likeness (QED) is 0.571. The van der Waals surface area contributed by atoms with Gasteiger partial charge in [-0.3, -0.25) is 9.69 Å². The second kappa shape index (κ2) is 14.9. The number of hydrogen-bond donors (Lipinski definition) is 1. The first-order chi connectivity index (χ1) is 14.3. The molecule has 1 N–H and O–H groups in total. The monoisotopic (exact) mass is 499 g/mol. The van der Waals surface area contributed by atoms with Gasteiger partial charge in [0.15, 0.2) is 5.78 Å². The second-order valence-electron chi connectivity index (χ2n) is 8.36. The second-order valence-corrected chi connectivity index (χ2v) is 8.36. The number of halogens is 3. The van der Waals surface area contributed by atoms with Gasteiger partial charge in [0, 0.05) is 44.7 Å². The zero-order valence-corrected chi connectivity index (χ0v) is 21.1. The number of hydrogen-bond acceptors (Lipinski definition) is 4. The number of fused-ring (bicyclic) bond motifs is 1. The summed E-state index contributed by atoms with van der Waals surface area (Å²) in [5, 5.41) is 3.44. The van der Waals surface area contributed by atoms with Gasteiger partial charge >= 0.3 is 0 Å². The van der Waals surface area contributed by atoms with E-state index in [4.69, 9.17) is 0 Å². The van der Waals surface area contributed by atoms with Crippen molar-refractivity contribution in [3.8, 4) is 0 Å². The minimum atomic E-state index is 0. The molecule has 4 rings (SSSR count). The summed E-state index contributed by atoms with van der Waals surface area (Å²) in [6.07, 6.45) is 3.71. The summed E-state index contributed by atoms with van der Waals surface area (Å²) in [5.74, 6) is 0.299. The molecule has 0 radical (unpaired) electrons. The molecule has 2 aromatic rings. The summed E-state index contributed by atoms with van der Waals surface area (Å²) in [4.78, 5) is 17.7. The molecular formula is C25H36Cl3N3O. The van der Waals surface area contributed by atoms with Crippen LogP contribution in [-0.4, -0.2) is 61.4 Å². The van der Waals surface area contributed by atoms with Crippen molar-refractivity contribution < 1.29 is 4.79 Å². The Morgan fingerprint density at radius 1 is 0.812 bits per heavy atom. The Kier molecular flexibility index (Phi) is 13.4. The average molecular weight is 501 g/mol. The van der Waals surface area contributed by atoms with Crippen molar-refractivity contribution in [3.63, 3.8) is 0 Å². The molecule has 178 valence electrons. The van der Waals surface area contributed by atoms with Crippen molar-refractivity contribution in [1.82, 2.24) is 15.1 Å². The number of ketones is 1. The number of nitrogens with one attached hydrogen (secondary N) is 1. The number of Topliss-reactive ketones (excluding diaryl/α,β-unsaturated/α-hetero) is 1. The molecule has 0 bridgehead atoms. The van der Waals surface area contributed by atoms with Crippen LogP contribution in [0.3, 0.4) is 0 Å². The highest BCUT2D eigenvalue weighted by Crippen LogP contribution is 2.17. The van der Waals surface area contributed by atoms with E-state index in [0.29, 0.717) is 12.2 Å². The summed E-state index contributed by atoms with van der Waals surface area (Å²) in [5.41, 5.74) is 5.05. The predicted molar refractivity (Wildman–Crippen MR) is 140 cm³/mol. The minimum Gasteiger partial charge on any atom is -0.316 e. The van der Waals surface area contributed by atoms with Crippen LogP contribution in [0.1, 0.15) is 39.9 Å². The smallest absolute Gasteiger partial charge is 0.162 e. The van der Waals surface area contributed by atoms with Crippen molar-refractivity contribution in [2.24, 2.45) is 0 Å². The molecule has 0 aliphatic carbocycles. The van der Waals surface area contributed by atoms with Gasteiger partial charge in [-0.15, -0.1) is 37.2 Å². The summed E-state index contributed by atoms with van der Waals surface area (Å²) in [7, 11) is 0. The van der Waals surface area contributed by atoms with Gasteiger partial charge in [-0.25, -0.2) is 0 Å². The fourth-order valence-corrected chi connectivity index (χ4v) is 4.47. The van der Waals surface area contributed by atoms with Gasteiger partial charge in [-0.2, -0.15) is 0 Å². The van der Waals surface area contributed by atoms with Crippen LogP contribution in [0.2, 0.25) is 0 Å². The van der Waals surface area contributed by atoms with Crippen molar-refractivity contribution in [1.29, 1.82) is 0 Å². The van der Waals surface area contributed by atoms with E-state index in [0.717, 1.165) is 77.2 Å². The maximum Gasteiger partial charge on any atom is 0.162 e. The molecular weight excluding hydrogens is 465 g/mol. The van der Waals surface area contributed by atoms with E-state index in [2.05, 4.69) is 57.6 Å². The number of benzene rings is 2. The van der Waals surface area contributed by atoms with Gasteiger partial charge in [0.1, 0.15) is 0 Å². The van der Waals surface area contributed by atoms with E-state index >= 15 is 0 Å². The van der Waals surface area contributed by atoms with Crippen LogP contribution in [0.25, 0.3) is 0 Å². The molecule has 2 aliphatic rings. The first-order valence-corrected chi connectivity index (χ1v) is 11.1. The molecule has 32 heavy (non-hydrogen) atoms. The number of carbonyl (C=O) groups excluding carboxylic acids is 1. The van der Waals surface area contributed by atoms with Crippen LogP contribution in [0.5, 0.6) is 0 Å². The van der Waals surface area contributed by atoms with Gasteiger partial charge in [-0.1, -0.05) is 42.5 Å². The molecule has 2 heterocycles. The SMILES string of the molecule is Cl.Cl.Cl.O=C(CCCN1CCN(Cc2ccccc2)CC1)c1ccc2c(c1)CCNCC2. The molecule has 0 atom stereocenters. The molecule has 1 saturated heterocycles. The molecule has 0 spiro atoms. The Morgan fingerprint density at radius 3 is 2.19 bits per heavy atom. The van der Waals surface area contributed by atoms with Gasteiger partial charge in [0.2, 0.25) is 0 Å². The average Bonchev–Trinajstić information content (AvgIpc) is 3.00. The summed E-state index contributed by atoms with van der Waals surface area (Å²) >= 11 is 0. The maximum absolute atomic E-state index is 12.7. The zero-order valence-electron chi connectivity index (χ0n) is 18.6. The van der Waals surface area contributed by atoms with Crippen molar-refractivity contribution in [3.05, 3.63) is 70.8 Å². The highest BCUT2D eigenvalue weighted by atomic mass is 35.5. The van der Waals surface area contributed by atoms with E-state index in [1.807, 2.05) is 6.07 Å². The molecule has 4 nitrogen and oxygen atoms in total. The van der Waals surface area contributed by atoms with E-state index < -0.39 is 0 Å². The fraction of sp³-hybridized carbons (Fsp3) is 0.480. The lowest BCUT2D eigenvalue weighted by Gasteiger charge is -2.34. The van der Waals surface area contributed by atoms with E-state index in [1.54, 1.807) is 0 Å². The molecule has 0 unspecified atom stereocenters. The minimum absolute atomic E-state index is 0. The lowest BCUT2D eigenvalue weighted by atomic mass is 9.97. The third-order valence-electron chi connectivity index (χ3n) is 6.26. The van der Waals surface area contributed by atoms with Crippen LogP contribution in [-0.2, 0) is 19.4 Å². The van der Waals surface area contributed by atoms with Crippen LogP contribution < -0.4 is 5.32 Å². The molecule has 2 aliphatic heterocycles. The van der Waals surface area contributed by atoms with Crippen molar-refractivity contribution in [2.75, 3.05) is 45.8 Å². The molecule has 7 heteroatoms. The molecule has 1 fully saturated rings. The van der Waals surface area contributed by atoms with Crippen LogP contribution in [0, 0.1) is 0 Å². The first-order valence-electron chi connectivity index (χ1n) is 11.1. The molecule has 0 aromatic heterocycles. The normalized spacial score (nSPS) is 16.5. The number of nitrogens with zero attached hydrogens (tertiary/aromatic N) is 2. The number of rotatable bonds is 7. The Hall–Kier alpha value is -1.14. The summed E-state index contributed by atoms with van der Waals surface area (Å²) in [6, 6.07) is 17.1. The fourth-order valence-electron chi connectivity index (χ4n) is 4.47. The van der Waals surface area contributed by atoms with Gasteiger partial charge < -0.3 is 10.2 Å². The predicted octanol–water partition coefficient (Wildman–Crippen LogP) is 4.42. The van der Waals surface area contributed by atoms with Crippen molar-refractivity contribution >= 4 is 43.0 Å². The Bertz CT molecular complexity index is 811. The Morgan fingerprint density at radius 2 is 1.47 bits per heavy atom. The zero-order chi connectivity index (χ0) is 19.9. The van der Waals surface area contributed by atoms with E-state index in [1.165, 1.54) is 16.7 Å². The Balaban J connectivity index is 0.00000171. The van der Waals surface area contributed by atoms with Gasteiger partial charge in [-0.05, 0) is 61.7 Å². The van der Waals surface area contributed by atoms with E-state index in [9.17, 15) is 4.79 Å². The lowest BCUT2D eigenvalue weighted by Crippen LogP contribution is -2.46. The number of carbonyl (C=O) groups is 1. The van der Waals surface area contributed by atoms with Crippen LogP contribution >= 0.6 is 37.2 Å². The third kappa shape index (κ3) is 8.33. The molecule has 0 saturated carbocycles. The van der Waals surface area contributed by atoms with Gasteiger partial charge in [0.05, 0.1) is 0 Å². The standard InChI is InChI=1S/C25H33N3O.3ClH/c29-25(24-9-8-22-10-12-26-13-11-23(22)19-24)7-4-14-27-15-17-28(18-16-27)20-21-5-2-1-3-6-21;;;/h1-3,5-6,8-9,19,26H,4,7,10-18,20H2;3*1H. The Labute approximate surface area is 211 Å². The topological polar surface area (TPSA) is 35.6 Å². The maximum atomic E-state index is 12.7. The van der Waals surface area contributed by atoms with Crippen molar-refractivity contribution in [2.45, 2.75) is 32.2 Å². The molecule has 2 aromatic carbocycles. The lowest BCUT2D eigenvalue weighted by molar-refractivity contribution is 0.0959. The van der Waals surface area contributed by atoms with Crippen LogP contribution in [0.4, 0.5) is 0 Å². The first kappa shape index (κ1) is 28.9. The largest absolute Gasteiger partial charge is 0.316 e. The number of piperazine rings is 1. The summed E-state index contributed by atoms with van der Waals surface area (Å²) in [6.45, 7) is 8.56. The highest BCUT2D eigenvalue weighted by Gasteiger charge is 2.17.